The average Bonchev–Trinajstić information content (AvgIpc) is 2.77. The van der Waals surface area contributed by atoms with Gasteiger partial charge >= 0.3 is 0 Å². The minimum Gasteiger partial charge on any atom is -0.411 e. The van der Waals surface area contributed by atoms with Crippen molar-refractivity contribution in [3.05, 3.63) is 83.9 Å². The van der Waals surface area contributed by atoms with Gasteiger partial charge in [-0.05, 0) is 48.4 Å². The third kappa shape index (κ3) is 4.06. The summed E-state index contributed by atoms with van der Waals surface area (Å²) in [4.78, 5) is 17.0. The molecule has 0 spiro atoms. The lowest BCUT2D eigenvalue weighted by molar-refractivity contribution is -0.117. The highest BCUT2D eigenvalue weighted by molar-refractivity contribution is 7.99. The highest BCUT2D eigenvalue weighted by atomic mass is 32.2. The Morgan fingerprint density at radius 3 is 2.37 bits per heavy atom. The number of hydrazone groups is 1. The molecule has 0 aromatic heterocycles. The Kier molecular flexibility index (Phi) is 5.81. The molecule has 1 amide bonds. The van der Waals surface area contributed by atoms with Crippen molar-refractivity contribution >= 4 is 41.0 Å². The van der Waals surface area contributed by atoms with E-state index >= 15 is 0 Å². The number of amides is 1. The van der Waals surface area contributed by atoms with Crippen molar-refractivity contribution in [1.29, 1.82) is 0 Å². The third-order valence-electron chi connectivity index (χ3n) is 4.67. The van der Waals surface area contributed by atoms with Crippen LogP contribution in [0.1, 0.15) is 18.1 Å². The topological polar surface area (TPSA) is 77.3 Å². The fraction of sp³-hybridized carbons (Fsp3) is 0.0870. The van der Waals surface area contributed by atoms with Crippen molar-refractivity contribution in [3.8, 4) is 0 Å². The molecular weight excluding hydrogens is 396 g/mol. The number of nitrogens with one attached hydrogen (secondary N) is 1. The largest absolute Gasteiger partial charge is 0.411 e. The number of benzene rings is 3. The van der Waals surface area contributed by atoms with Crippen LogP contribution in [0.3, 0.4) is 0 Å². The summed E-state index contributed by atoms with van der Waals surface area (Å²) in [7, 11) is 0. The third-order valence-corrected chi connectivity index (χ3v) is 5.80. The fourth-order valence-electron chi connectivity index (χ4n) is 3.25. The first-order chi connectivity index (χ1) is 14.7. The smallest absolute Gasteiger partial charge is 0.252 e. The number of oxime groups is 1. The van der Waals surface area contributed by atoms with Crippen molar-refractivity contribution in [2.45, 2.75) is 16.7 Å². The van der Waals surface area contributed by atoms with Crippen molar-refractivity contribution in [2.75, 3.05) is 11.4 Å². The molecule has 0 radical (unpaired) electrons. The summed E-state index contributed by atoms with van der Waals surface area (Å²) in [6.45, 7) is 1.91. The van der Waals surface area contributed by atoms with E-state index in [2.05, 4.69) is 15.7 Å². The van der Waals surface area contributed by atoms with Crippen LogP contribution in [0, 0.1) is 0 Å². The van der Waals surface area contributed by atoms with Gasteiger partial charge in [-0.1, -0.05) is 59.4 Å². The molecule has 30 heavy (non-hydrogen) atoms. The molecule has 0 fully saturated rings. The molecule has 6 nitrogen and oxygen atoms in total. The zero-order valence-corrected chi connectivity index (χ0v) is 17.1. The van der Waals surface area contributed by atoms with Gasteiger partial charge in [-0.3, -0.25) is 9.69 Å². The zero-order valence-electron chi connectivity index (χ0n) is 16.3. The average molecular weight is 417 g/mol. The molecular formula is C23H20N4O2S. The zero-order chi connectivity index (χ0) is 20.9. The van der Waals surface area contributed by atoms with Gasteiger partial charge in [0, 0.05) is 9.79 Å². The second-order valence-corrected chi connectivity index (χ2v) is 7.75. The molecule has 150 valence electrons. The predicted octanol–water partition coefficient (Wildman–Crippen LogP) is 4.64. The molecule has 0 bridgehead atoms. The van der Waals surface area contributed by atoms with Gasteiger partial charge in [-0.25, -0.2) is 0 Å². The number of hydrogen-bond acceptors (Lipinski definition) is 6. The Bertz CT molecular complexity index is 1100. The summed E-state index contributed by atoms with van der Waals surface area (Å²) in [6, 6.07) is 23.2. The summed E-state index contributed by atoms with van der Waals surface area (Å²) < 4.78 is 0. The molecule has 7 heteroatoms. The molecule has 0 saturated carbocycles. The van der Waals surface area contributed by atoms with E-state index in [0.29, 0.717) is 0 Å². The first-order valence-corrected chi connectivity index (χ1v) is 10.2. The second-order valence-electron chi connectivity index (χ2n) is 6.67. The van der Waals surface area contributed by atoms with Crippen LogP contribution in [-0.4, -0.2) is 29.6 Å². The van der Waals surface area contributed by atoms with Crippen molar-refractivity contribution in [1.82, 2.24) is 5.43 Å². The first-order valence-electron chi connectivity index (χ1n) is 9.41. The fourth-order valence-corrected chi connectivity index (χ4v) is 4.31. The van der Waals surface area contributed by atoms with Gasteiger partial charge in [0.05, 0.1) is 23.3 Å². The molecule has 0 unspecified atom stereocenters. The Morgan fingerprint density at radius 2 is 1.70 bits per heavy atom. The highest BCUT2D eigenvalue weighted by Crippen LogP contribution is 2.47. The number of hydrogen-bond donors (Lipinski definition) is 2. The predicted molar refractivity (Wildman–Crippen MR) is 120 cm³/mol. The molecule has 0 atom stereocenters. The van der Waals surface area contributed by atoms with E-state index in [1.807, 2.05) is 79.7 Å². The Balaban J connectivity index is 1.52. The van der Waals surface area contributed by atoms with Crippen LogP contribution in [0.5, 0.6) is 0 Å². The van der Waals surface area contributed by atoms with Gasteiger partial charge in [0.2, 0.25) is 0 Å². The molecule has 1 aliphatic heterocycles. The van der Waals surface area contributed by atoms with Crippen molar-refractivity contribution in [3.63, 3.8) is 0 Å². The maximum Gasteiger partial charge on any atom is 0.252 e. The van der Waals surface area contributed by atoms with Gasteiger partial charge in [-0.2, -0.15) is 5.10 Å². The van der Waals surface area contributed by atoms with Crippen LogP contribution in [-0.2, 0) is 4.79 Å². The van der Waals surface area contributed by atoms with E-state index in [9.17, 15) is 4.79 Å². The number of fused-ring (bicyclic) bond motifs is 2. The summed E-state index contributed by atoms with van der Waals surface area (Å²) in [5.41, 5.74) is 7.02. The lowest BCUT2D eigenvalue weighted by Crippen LogP contribution is -2.35. The van der Waals surface area contributed by atoms with Gasteiger partial charge in [0.25, 0.3) is 5.91 Å². The molecule has 2 N–H and O–H groups in total. The molecule has 0 aliphatic carbocycles. The van der Waals surface area contributed by atoms with Crippen molar-refractivity contribution in [2.24, 2.45) is 10.3 Å². The summed E-state index contributed by atoms with van der Waals surface area (Å²) in [6.07, 6.45) is 1.36. The monoisotopic (exact) mass is 416 g/mol. The lowest BCUT2D eigenvalue weighted by Gasteiger charge is -2.30. The molecule has 1 aliphatic rings. The molecule has 4 rings (SSSR count). The van der Waals surface area contributed by atoms with Gasteiger partial charge in [-0.15, -0.1) is 0 Å². The summed E-state index contributed by atoms with van der Waals surface area (Å²) in [5.74, 6) is -0.0899. The Morgan fingerprint density at radius 1 is 1.03 bits per heavy atom. The van der Waals surface area contributed by atoms with E-state index in [0.717, 1.165) is 38.0 Å². The van der Waals surface area contributed by atoms with Crippen LogP contribution in [0.25, 0.3) is 0 Å². The van der Waals surface area contributed by atoms with Crippen LogP contribution < -0.4 is 10.3 Å². The minimum atomic E-state index is -0.0899. The van der Waals surface area contributed by atoms with Crippen LogP contribution in [0.2, 0.25) is 0 Å². The molecule has 3 aromatic rings. The summed E-state index contributed by atoms with van der Waals surface area (Å²) in [5, 5.41) is 16.1. The molecule has 0 saturated heterocycles. The van der Waals surface area contributed by atoms with Gasteiger partial charge in [0.15, 0.2) is 0 Å². The Labute approximate surface area is 178 Å². The number of anilines is 2. The van der Waals surface area contributed by atoms with Gasteiger partial charge < -0.3 is 10.6 Å². The van der Waals surface area contributed by atoms with E-state index in [1.165, 1.54) is 6.21 Å². The van der Waals surface area contributed by atoms with Crippen molar-refractivity contribution < 1.29 is 10.0 Å². The summed E-state index contributed by atoms with van der Waals surface area (Å²) >= 11 is 1.66. The van der Waals surface area contributed by atoms with E-state index in [-0.39, 0.29) is 12.5 Å². The number of rotatable bonds is 5. The van der Waals surface area contributed by atoms with Crippen LogP contribution in [0.15, 0.2) is 92.8 Å². The van der Waals surface area contributed by atoms with Crippen LogP contribution >= 0.6 is 11.8 Å². The quantitative estimate of drug-likeness (QED) is 0.361. The number of nitrogens with zero attached hydrogens (tertiary/aromatic N) is 3. The number of carbonyl (C=O) groups is 1. The SMILES string of the molecule is C/C(=N/NCC(=O)N1c2ccccc2Sc2ccccc21)c1cccc(/C=N\O)c1. The van der Waals surface area contributed by atoms with Crippen LogP contribution in [0.4, 0.5) is 11.4 Å². The standard InChI is InChI=1S/C23H20N4O2S/c1-16(18-8-6-7-17(13-18)14-25-29)26-24-15-23(28)27-19-9-2-4-11-21(19)30-22-12-5-3-10-20(22)27/h2-14,24,29H,15H2,1H3/b25-14-,26-16-. The highest BCUT2D eigenvalue weighted by Gasteiger charge is 2.27. The second kappa shape index (κ2) is 8.84. The lowest BCUT2D eigenvalue weighted by atomic mass is 10.1. The van der Waals surface area contributed by atoms with E-state index in [4.69, 9.17) is 5.21 Å². The molecule has 3 aromatic carbocycles. The normalized spacial score (nSPS) is 13.1. The maximum atomic E-state index is 13.1. The number of carbonyl (C=O) groups excluding carboxylic acids is 1. The number of para-hydroxylation sites is 2. The first kappa shape index (κ1) is 19.7. The maximum absolute atomic E-state index is 13.1. The molecule has 1 heterocycles. The Hall–Kier alpha value is -3.58. The minimum absolute atomic E-state index is 0.0580. The van der Waals surface area contributed by atoms with E-state index < -0.39 is 0 Å². The van der Waals surface area contributed by atoms with E-state index in [1.54, 1.807) is 16.7 Å². The van der Waals surface area contributed by atoms with Gasteiger partial charge in [0.1, 0.15) is 6.54 Å².